The van der Waals surface area contributed by atoms with E-state index in [-0.39, 0.29) is 5.91 Å². The predicted molar refractivity (Wildman–Crippen MR) is 67.0 cm³/mol. The van der Waals surface area contributed by atoms with Gasteiger partial charge in [0.2, 0.25) is 5.91 Å². The fraction of sp³-hybridized carbons (Fsp3) is 0.917. The number of amides is 1. The van der Waals surface area contributed by atoms with Crippen molar-refractivity contribution in [1.82, 2.24) is 10.2 Å². The van der Waals surface area contributed by atoms with Crippen molar-refractivity contribution < 1.29 is 4.79 Å². The summed E-state index contributed by atoms with van der Waals surface area (Å²) < 4.78 is 0. The molecule has 0 spiro atoms. The van der Waals surface area contributed by atoms with E-state index in [9.17, 15) is 4.79 Å². The molecule has 3 heteroatoms. The number of hydrogen-bond acceptors (Lipinski definition) is 2. The molecule has 0 aliphatic heterocycles. The Morgan fingerprint density at radius 1 is 1.33 bits per heavy atom. The molecule has 3 nitrogen and oxygen atoms in total. The van der Waals surface area contributed by atoms with E-state index in [1.807, 2.05) is 20.8 Å². The smallest absolute Gasteiger partial charge is 0.219 e. The number of hydrogen-bond donors (Lipinski definition) is 1. The summed E-state index contributed by atoms with van der Waals surface area (Å²) in [4.78, 5) is 13.1. The minimum Gasteiger partial charge on any atom is -0.356 e. The van der Waals surface area contributed by atoms with Crippen LogP contribution in [0.1, 0.15) is 40.5 Å². The molecule has 0 bridgehead atoms. The summed E-state index contributed by atoms with van der Waals surface area (Å²) in [6, 6.07) is 0. The topological polar surface area (TPSA) is 32.3 Å². The minimum absolute atomic E-state index is 0.150. The molecule has 0 heterocycles. The Bertz CT molecular complexity index is 147. The first-order valence-corrected chi connectivity index (χ1v) is 5.97. The van der Waals surface area contributed by atoms with Gasteiger partial charge in [0.25, 0.3) is 0 Å². The molecule has 0 saturated heterocycles. The van der Waals surface area contributed by atoms with Gasteiger partial charge in [0.1, 0.15) is 0 Å². The summed E-state index contributed by atoms with van der Waals surface area (Å²) in [5.74, 6) is 0.717. The zero-order chi connectivity index (χ0) is 12.3. The van der Waals surface area contributed by atoms with Gasteiger partial charge in [0.15, 0.2) is 0 Å². The van der Waals surface area contributed by atoms with Crippen molar-refractivity contribution in [3.8, 4) is 0 Å². The molecule has 1 unspecified atom stereocenters. The molecule has 0 rings (SSSR count). The second-order valence-corrected chi connectivity index (χ2v) is 3.85. The molecule has 0 aliphatic rings. The van der Waals surface area contributed by atoms with Gasteiger partial charge in [0.05, 0.1) is 0 Å². The first-order chi connectivity index (χ1) is 7.06. The van der Waals surface area contributed by atoms with Crippen LogP contribution in [0.2, 0.25) is 0 Å². The summed E-state index contributed by atoms with van der Waals surface area (Å²) in [5, 5.41) is 2.90. The maximum atomic E-state index is 10.9. The molecule has 0 saturated carbocycles. The maximum Gasteiger partial charge on any atom is 0.219 e. The van der Waals surface area contributed by atoms with Crippen LogP contribution in [0.15, 0.2) is 0 Å². The van der Waals surface area contributed by atoms with Crippen LogP contribution in [0, 0.1) is 5.92 Å². The summed E-state index contributed by atoms with van der Waals surface area (Å²) >= 11 is 0. The van der Waals surface area contributed by atoms with Crippen LogP contribution >= 0.6 is 0 Å². The molecule has 0 aromatic carbocycles. The molecular weight excluding hydrogens is 188 g/mol. The Morgan fingerprint density at radius 3 is 2.27 bits per heavy atom. The van der Waals surface area contributed by atoms with Gasteiger partial charge in [0, 0.05) is 13.0 Å². The maximum absolute atomic E-state index is 10.9. The van der Waals surface area contributed by atoms with Crippen LogP contribution < -0.4 is 5.32 Å². The molecule has 0 aromatic heterocycles. The Labute approximate surface area is 95.2 Å². The van der Waals surface area contributed by atoms with Gasteiger partial charge < -0.3 is 10.2 Å². The van der Waals surface area contributed by atoms with Gasteiger partial charge in [-0.3, -0.25) is 4.79 Å². The third-order valence-corrected chi connectivity index (χ3v) is 2.04. The van der Waals surface area contributed by atoms with E-state index in [0.717, 1.165) is 19.5 Å². The third-order valence-electron chi connectivity index (χ3n) is 2.04. The van der Waals surface area contributed by atoms with Gasteiger partial charge in [-0.15, -0.1) is 0 Å². The molecule has 1 atom stereocenters. The SMILES string of the molecule is CC.CCC(=O)NCC(C)CCN(C)C. The van der Waals surface area contributed by atoms with E-state index >= 15 is 0 Å². The fourth-order valence-corrected chi connectivity index (χ4v) is 0.994. The van der Waals surface area contributed by atoms with Crippen LogP contribution in [-0.4, -0.2) is 38.0 Å². The lowest BCUT2D eigenvalue weighted by Crippen LogP contribution is -2.29. The lowest BCUT2D eigenvalue weighted by atomic mass is 10.1. The number of rotatable bonds is 6. The van der Waals surface area contributed by atoms with Crippen molar-refractivity contribution in [3.05, 3.63) is 0 Å². The van der Waals surface area contributed by atoms with Gasteiger partial charge in [-0.05, 0) is 33.0 Å². The molecule has 1 amide bonds. The first-order valence-electron chi connectivity index (χ1n) is 5.97. The van der Waals surface area contributed by atoms with Crippen LogP contribution in [0.3, 0.4) is 0 Å². The standard InChI is InChI=1S/C10H22N2O.C2H6/c1-5-10(13)11-8-9(2)6-7-12(3)4;1-2/h9H,5-8H2,1-4H3,(H,11,13);1-2H3. The van der Waals surface area contributed by atoms with E-state index in [2.05, 4.69) is 31.2 Å². The van der Waals surface area contributed by atoms with Crippen LogP contribution in [-0.2, 0) is 4.79 Å². The number of nitrogens with zero attached hydrogens (tertiary/aromatic N) is 1. The summed E-state index contributed by atoms with van der Waals surface area (Å²) in [5.41, 5.74) is 0. The van der Waals surface area contributed by atoms with E-state index in [4.69, 9.17) is 0 Å². The van der Waals surface area contributed by atoms with Crippen molar-refractivity contribution in [2.45, 2.75) is 40.5 Å². The normalized spacial score (nSPS) is 11.7. The van der Waals surface area contributed by atoms with Crippen LogP contribution in [0.5, 0.6) is 0 Å². The average molecular weight is 216 g/mol. The van der Waals surface area contributed by atoms with Crippen LogP contribution in [0.4, 0.5) is 0 Å². The monoisotopic (exact) mass is 216 g/mol. The quantitative estimate of drug-likeness (QED) is 0.737. The van der Waals surface area contributed by atoms with Gasteiger partial charge in [-0.2, -0.15) is 0 Å². The second-order valence-electron chi connectivity index (χ2n) is 3.85. The Balaban J connectivity index is 0. The molecule has 0 radical (unpaired) electrons. The molecular formula is C12H28N2O. The summed E-state index contributed by atoms with van der Waals surface area (Å²) in [6.45, 7) is 9.93. The number of nitrogens with one attached hydrogen (secondary N) is 1. The van der Waals surface area contributed by atoms with Crippen molar-refractivity contribution in [2.24, 2.45) is 5.92 Å². The average Bonchev–Trinajstić information content (AvgIpc) is 2.25. The largest absolute Gasteiger partial charge is 0.356 e. The lowest BCUT2D eigenvalue weighted by Gasteiger charge is -2.15. The van der Waals surface area contributed by atoms with Gasteiger partial charge in [-0.1, -0.05) is 27.7 Å². The highest BCUT2D eigenvalue weighted by Crippen LogP contribution is 2.00. The van der Waals surface area contributed by atoms with E-state index in [0.29, 0.717) is 12.3 Å². The zero-order valence-electron chi connectivity index (χ0n) is 11.3. The van der Waals surface area contributed by atoms with Crippen molar-refractivity contribution >= 4 is 5.91 Å². The van der Waals surface area contributed by atoms with Crippen molar-refractivity contribution in [3.63, 3.8) is 0 Å². The summed E-state index contributed by atoms with van der Waals surface area (Å²) in [6.07, 6.45) is 1.72. The minimum atomic E-state index is 0.150. The highest BCUT2D eigenvalue weighted by molar-refractivity contribution is 5.75. The first kappa shape index (κ1) is 16.8. The van der Waals surface area contributed by atoms with E-state index in [1.54, 1.807) is 0 Å². The molecule has 92 valence electrons. The Kier molecular flexibility index (Phi) is 12.9. The molecule has 0 fully saturated rings. The molecule has 1 N–H and O–H groups in total. The van der Waals surface area contributed by atoms with Crippen molar-refractivity contribution in [2.75, 3.05) is 27.2 Å². The lowest BCUT2D eigenvalue weighted by molar-refractivity contribution is -0.120. The Hall–Kier alpha value is -0.570. The van der Waals surface area contributed by atoms with Crippen molar-refractivity contribution in [1.29, 1.82) is 0 Å². The number of carbonyl (C=O) groups excluding carboxylic acids is 1. The zero-order valence-corrected chi connectivity index (χ0v) is 11.3. The van der Waals surface area contributed by atoms with Gasteiger partial charge >= 0.3 is 0 Å². The molecule has 15 heavy (non-hydrogen) atoms. The van der Waals surface area contributed by atoms with E-state index in [1.165, 1.54) is 0 Å². The predicted octanol–water partition coefficient (Wildman–Crippen LogP) is 2.13. The number of carbonyl (C=O) groups is 1. The van der Waals surface area contributed by atoms with E-state index < -0.39 is 0 Å². The molecule has 0 aliphatic carbocycles. The highest BCUT2D eigenvalue weighted by atomic mass is 16.1. The van der Waals surface area contributed by atoms with Gasteiger partial charge in [-0.25, -0.2) is 0 Å². The fourth-order valence-electron chi connectivity index (χ4n) is 0.994. The summed E-state index contributed by atoms with van der Waals surface area (Å²) in [7, 11) is 4.13. The van der Waals surface area contributed by atoms with Crippen LogP contribution in [0.25, 0.3) is 0 Å². The third kappa shape index (κ3) is 13.4. The second kappa shape index (κ2) is 11.5. The highest BCUT2D eigenvalue weighted by Gasteiger charge is 2.04. The Morgan fingerprint density at radius 2 is 1.87 bits per heavy atom. The molecule has 0 aromatic rings.